The van der Waals surface area contributed by atoms with Crippen molar-refractivity contribution in [3.63, 3.8) is 0 Å². The average molecular weight is 853 g/mol. The second-order valence-corrected chi connectivity index (χ2v) is 15.1. The fourth-order valence-corrected chi connectivity index (χ4v) is 6.03. The average Bonchev–Trinajstić information content (AvgIpc) is 3.26. The number of hydrogen-bond acceptors (Lipinski definition) is 10. The molecule has 1 heterocycles. The molecular weight excluding hydrogens is 773 g/mol. The maximum Gasteiger partial charge on any atom is 0.306 e. The maximum atomic E-state index is 12.8. The van der Waals surface area contributed by atoms with Crippen molar-refractivity contribution >= 4 is 11.9 Å². The van der Waals surface area contributed by atoms with Gasteiger partial charge in [-0.2, -0.15) is 0 Å². The molecule has 1 aliphatic rings. The van der Waals surface area contributed by atoms with Gasteiger partial charge in [-0.15, -0.1) is 0 Å². The molecule has 2 unspecified atom stereocenters. The zero-order valence-corrected chi connectivity index (χ0v) is 37.4. The van der Waals surface area contributed by atoms with Crippen LogP contribution in [0.25, 0.3) is 0 Å². The minimum atomic E-state index is -1.62. The van der Waals surface area contributed by atoms with Gasteiger partial charge >= 0.3 is 11.9 Å². The molecule has 1 fully saturated rings. The van der Waals surface area contributed by atoms with Crippen LogP contribution in [-0.4, -0.2) is 89.0 Å². The monoisotopic (exact) mass is 853 g/mol. The number of allylic oxidation sites excluding steroid dienone is 18. The standard InChI is InChI=1S/C51H80O10/c1-3-5-7-9-11-13-15-17-19-21-22-24-25-27-29-31-33-35-37-39-46(53)58-42-44(43-59-51-50(57)49(56)48(55)45(41-52)61-51)60-47(54)40-38-36-34-32-30-28-26-23-20-18-16-14-12-10-8-6-4-2/h5,7,11-14,17-20,22,24,26-29,32,34,44-45,48-52,55-57H,3-4,6,8-10,15-16,21,23,25,30-31,33,35-43H2,1-2H3/b7-5+,13-11+,14-12+,19-17+,20-18+,24-22+,28-26+,29-27+,34-32+/t44-,45-,48+,49?,50?,51-/m0/s1. The molecule has 0 saturated carbocycles. The molecule has 1 rings (SSSR count). The highest BCUT2D eigenvalue weighted by Crippen LogP contribution is 2.22. The molecule has 344 valence electrons. The first-order valence-corrected chi connectivity index (χ1v) is 23.0. The molecule has 1 aliphatic heterocycles. The highest BCUT2D eigenvalue weighted by molar-refractivity contribution is 5.70. The number of rotatable bonds is 36. The summed E-state index contributed by atoms with van der Waals surface area (Å²) in [7, 11) is 0. The highest BCUT2D eigenvalue weighted by Gasteiger charge is 2.44. The van der Waals surface area contributed by atoms with Crippen molar-refractivity contribution in [2.75, 3.05) is 19.8 Å². The third-order valence-corrected chi connectivity index (χ3v) is 9.64. The minimum Gasteiger partial charge on any atom is -0.462 e. The molecule has 10 heteroatoms. The Labute approximate surface area is 368 Å². The van der Waals surface area contributed by atoms with Crippen LogP contribution in [0.1, 0.15) is 142 Å². The van der Waals surface area contributed by atoms with Crippen LogP contribution in [0.4, 0.5) is 0 Å². The number of esters is 2. The Hall–Kier alpha value is -3.64. The van der Waals surface area contributed by atoms with E-state index in [2.05, 4.69) is 117 Å². The van der Waals surface area contributed by atoms with E-state index in [0.29, 0.717) is 19.3 Å². The van der Waals surface area contributed by atoms with Gasteiger partial charge in [0.25, 0.3) is 0 Å². The third-order valence-electron chi connectivity index (χ3n) is 9.64. The van der Waals surface area contributed by atoms with Crippen molar-refractivity contribution in [3.8, 4) is 0 Å². The Morgan fingerprint density at radius 2 is 0.984 bits per heavy atom. The normalized spacial score (nSPS) is 20.8. The second-order valence-electron chi connectivity index (χ2n) is 15.1. The van der Waals surface area contributed by atoms with Crippen LogP contribution < -0.4 is 0 Å². The van der Waals surface area contributed by atoms with E-state index >= 15 is 0 Å². The van der Waals surface area contributed by atoms with E-state index in [1.54, 1.807) is 0 Å². The number of carbonyl (C=O) groups excluding carboxylic acids is 2. The predicted octanol–water partition coefficient (Wildman–Crippen LogP) is 10.1. The molecule has 0 bridgehead atoms. The maximum absolute atomic E-state index is 12.8. The Bertz CT molecular complexity index is 1350. The van der Waals surface area contributed by atoms with Crippen molar-refractivity contribution in [2.24, 2.45) is 0 Å². The van der Waals surface area contributed by atoms with E-state index in [4.69, 9.17) is 18.9 Å². The first-order valence-electron chi connectivity index (χ1n) is 23.0. The van der Waals surface area contributed by atoms with Crippen molar-refractivity contribution < 1.29 is 49.0 Å². The fraction of sp³-hybridized carbons (Fsp3) is 0.608. The van der Waals surface area contributed by atoms with Gasteiger partial charge in [-0.05, 0) is 96.3 Å². The van der Waals surface area contributed by atoms with Gasteiger partial charge in [0.2, 0.25) is 0 Å². The first-order chi connectivity index (χ1) is 29.8. The largest absolute Gasteiger partial charge is 0.462 e. The number of carbonyl (C=O) groups is 2. The number of hydrogen-bond donors (Lipinski definition) is 4. The number of aliphatic hydroxyl groups is 4. The molecule has 0 aromatic carbocycles. The van der Waals surface area contributed by atoms with Gasteiger partial charge in [-0.3, -0.25) is 9.59 Å². The van der Waals surface area contributed by atoms with Crippen LogP contribution >= 0.6 is 0 Å². The Morgan fingerprint density at radius 3 is 1.48 bits per heavy atom. The summed E-state index contributed by atoms with van der Waals surface area (Å²) in [4.78, 5) is 25.3. The Morgan fingerprint density at radius 1 is 0.525 bits per heavy atom. The van der Waals surface area contributed by atoms with Crippen molar-refractivity contribution in [1.82, 2.24) is 0 Å². The first kappa shape index (κ1) is 55.4. The highest BCUT2D eigenvalue weighted by atomic mass is 16.7. The van der Waals surface area contributed by atoms with Crippen molar-refractivity contribution in [3.05, 3.63) is 109 Å². The van der Waals surface area contributed by atoms with Gasteiger partial charge in [-0.25, -0.2) is 0 Å². The summed E-state index contributed by atoms with van der Waals surface area (Å²) in [5, 5.41) is 40.1. The van der Waals surface area contributed by atoms with Crippen LogP contribution in [0.2, 0.25) is 0 Å². The summed E-state index contributed by atoms with van der Waals surface area (Å²) in [6.07, 6.45) is 48.1. The topological polar surface area (TPSA) is 152 Å². The lowest BCUT2D eigenvalue weighted by Crippen LogP contribution is -2.59. The molecule has 6 atom stereocenters. The smallest absolute Gasteiger partial charge is 0.306 e. The van der Waals surface area contributed by atoms with E-state index in [1.165, 1.54) is 19.3 Å². The zero-order chi connectivity index (χ0) is 44.4. The molecular formula is C51H80O10. The quantitative estimate of drug-likeness (QED) is 0.0272. The zero-order valence-electron chi connectivity index (χ0n) is 37.4. The molecule has 4 N–H and O–H groups in total. The van der Waals surface area contributed by atoms with Crippen molar-refractivity contribution in [2.45, 2.75) is 179 Å². The minimum absolute atomic E-state index is 0.139. The van der Waals surface area contributed by atoms with Crippen LogP contribution in [0.15, 0.2) is 109 Å². The number of ether oxygens (including phenoxy) is 4. The van der Waals surface area contributed by atoms with E-state index in [1.807, 2.05) is 6.08 Å². The van der Waals surface area contributed by atoms with Gasteiger partial charge < -0.3 is 39.4 Å². The summed E-state index contributed by atoms with van der Waals surface area (Å²) in [6, 6.07) is 0. The van der Waals surface area contributed by atoms with Gasteiger partial charge in [0, 0.05) is 12.8 Å². The number of aliphatic hydroxyl groups excluding tert-OH is 4. The summed E-state index contributed by atoms with van der Waals surface area (Å²) >= 11 is 0. The molecule has 61 heavy (non-hydrogen) atoms. The third kappa shape index (κ3) is 31.8. The molecule has 1 saturated heterocycles. The van der Waals surface area contributed by atoms with Gasteiger partial charge in [0.15, 0.2) is 12.4 Å². The van der Waals surface area contributed by atoms with Crippen LogP contribution in [-0.2, 0) is 28.5 Å². The fourth-order valence-electron chi connectivity index (χ4n) is 6.03. The Kier molecular flexibility index (Phi) is 36.7. The predicted molar refractivity (Wildman–Crippen MR) is 247 cm³/mol. The molecule has 0 amide bonds. The second kappa shape index (κ2) is 40.4. The van der Waals surface area contributed by atoms with Crippen LogP contribution in [0.3, 0.4) is 0 Å². The molecule has 0 aromatic heterocycles. The molecule has 0 radical (unpaired) electrons. The van der Waals surface area contributed by atoms with Gasteiger partial charge in [0.05, 0.1) is 13.2 Å². The summed E-state index contributed by atoms with van der Waals surface area (Å²) in [5.74, 6) is -0.923. The van der Waals surface area contributed by atoms with Gasteiger partial charge in [0.1, 0.15) is 31.0 Å². The van der Waals surface area contributed by atoms with Crippen LogP contribution in [0.5, 0.6) is 0 Å². The Balaban J connectivity index is 2.41. The van der Waals surface area contributed by atoms with E-state index in [9.17, 15) is 30.0 Å². The molecule has 10 nitrogen and oxygen atoms in total. The summed E-state index contributed by atoms with van der Waals surface area (Å²) in [5.41, 5.74) is 0. The molecule has 0 spiro atoms. The lowest BCUT2D eigenvalue weighted by Gasteiger charge is -2.39. The molecule has 0 aliphatic carbocycles. The SMILES string of the molecule is CC/C=C/C/C=C/C/C=C/C/C=C/C/C=C/CCCCCC(=O)OC[C@@H](CO[C@H]1O[C@@H](CO)[C@@H](O)C(O)C1O)OC(=O)CCC/C=C/C/C=C/C/C=C/C/C=C/CCCCC. The lowest BCUT2D eigenvalue weighted by molar-refractivity contribution is -0.305. The van der Waals surface area contributed by atoms with Crippen molar-refractivity contribution in [1.29, 1.82) is 0 Å². The van der Waals surface area contributed by atoms with E-state index < -0.39 is 55.4 Å². The van der Waals surface area contributed by atoms with Crippen LogP contribution in [0, 0.1) is 0 Å². The summed E-state index contributed by atoms with van der Waals surface area (Å²) < 4.78 is 22.1. The lowest BCUT2D eigenvalue weighted by atomic mass is 9.99. The van der Waals surface area contributed by atoms with Gasteiger partial charge in [-0.1, -0.05) is 142 Å². The number of unbranched alkanes of at least 4 members (excludes halogenated alkanes) is 7. The summed E-state index contributed by atoms with van der Waals surface area (Å²) in [6.45, 7) is 3.17. The molecule has 0 aromatic rings. The van der Waals surface area contributed by atoms with E-state index in [0.717, 1.165) is 77.0 Å². The van der Waals surface area contributed by atoms with E-state index in [-0.39, 0.29) is 26.1 Å².